The summed E-state index contributed by atoms with van der Waals surface area (Å²) in [6, 6.07) is 11.6. The fourth-order valence-electron chi connectivity index (χ4n) is 1.29. The molecule has 1 heterocycles. The van der Waals surface area contributed by atoms with Gasteiger partial charge in [0, 0.05) is 16.2 Å². The van der Waals surface area contributed by atoms with E-state index in [1.807, 2.05) is 36.4 Å². The Bertz CT molecular complexity index is 422. The highest BCUT2D eigenvalue weighted by Gasteiger charge is 1.99. The minimum absolute atomic E-state index is 0.736. The van der Waals surface area contributed by atoms with Gasteiger partial charge >= 0.3 is 0 Å². The van der Waals surface area contributed by atoms with Gasteiger partial charge in [0.05, 0.1) is 5.69 Å². The van der Waals surface area contributed by atoms with E-state index in [2.05, 4.69) is 20.9 Å². The summed E-state index contributed by atoms with van der Waals surface area (Å²) in [7, 11) is 5.74. The van der Waals surface area contributed by atoms with Crippen LogP contribution in [0.4, 0.5) is 0 Å². The number of hydrogen-bond donors (Lipinski definition) is 0. The molecule has 0 saturated heterocycles. The highest BCUT2D eigenvalue weighted by atomic mass is 79.9. The molecule has 1 aromatic heterocycles. The summed E-state index contributed by atoms with van der Waals surface area (Å²) >= 11 is 3.40. The minimum Gasteiger partial charge on any atom is -0.256 e. The molecule has 14 heavy (non-hydrogen) atoms. The second-order valence-electron chi connectivity index (χ2n) is 2.99. The molecular formula is C11H7BBrN. The van der Waals surface area contributed by atoms with Gasteiger partial charge in [0.1, 0.15) is 7.85 Å². The molecule has 0 aliphatic heterocycles. The fourth-order valence-corrected chi connectivity index (χ4v) is 1.80. The van der Waals surface area contributed by atoms with Crippen LogP contribution in [0.25, 0.3) is 11.3 Å². The van der Waals surface area contributed by atoms with Gasteiger partial charge in [0.2, 0.25) is 0 Å². The van der Waals surface area contributed by atoms with E-state index in [1.54, 1.807) is 6.20 Å². The van der Waals surface area contributed by atoms with Crippen molar-refractivity contribution >= 4 is 29.2 Å². The van der Waals surface area contributed by atoms with Crippen LogP contribution in [0.1, 0.15) is 0 Å². The number of benzene rings is 1. The van der Waals surface area contributed by atoms with E-state index in [0.29, 0.717) is 0 Å². The lowest BCUT2D eigenvalue weighted by Crippen LogP contribution is -2.01. The molecule has 1 aromatic carbocycles. The van der Waals surface area contributed by atoms with Gasteiger partial charge in [-0.05, 0) is 18.2 Å². The van der Waals surface area contributed by atoms with Gasteiger partial charge in [-0.15, -0.1) is 0 Å². The summed E-state index contributed by atoms with van der Waals surface area (Å²) in [6.07, 6.45) is 1.77. The molecule has 2 radical (unpaired) electrons. The molecule has 0 aliphatic rings. The smallest absolute Gasteiger partial charge is 0.113 e. The van der Waals surface area contributed by atoms with Crippen LogP contribution in [0, 0.1) is 0 Å². The lowest BCUT2D eigenvalue weighted by atomic mass is 9.93. The van der Waals surface area contributed by atoms with Gasteiger partial charge < -0.3 is 0 Å². The number of aromatic nitrogens is 1. The number of halogens is 1. The van der Waals surface area contributed by atoms with E-state index in [0.717, 1.165) is 21.2 Å². The second-order valence-corrected chi connectivity index (χ2v) is 3.90. The molecule has 0 bridgehead atoms. The summed E-state index contributed by atoms with van der Waals surface area (Å²) in [6.45, 7) is 0. The minimum atomic E-state index is 0.736. The summed E-state index contributed by atoms with van der Waals surface area (Å²) in [5.74, 6) is 0. The van der Waals surface area contributed by atoms with Crippen molar-refractivity contribution in [1.82, 2.24) is 4.98 Å². The van der Waals surface area contributed by atoms with E-state index in [4.69, 9.17) is 7.85 Å². The molecule has 0 saturated carbocycles. The van der Waals surface area contributed by atoms with Crippen molar-refractivity contribution in [2.45, 2.75) is 0 Å². The maximum atomic E-state index is 5.74. The standard InChI is InChI=1S/C11H7BBrN/c12-9-5-8(6-10(13)7-9)11-3-1-2-4-14-11/h1-7H. The molecule has 2 rings (SSSR count). The third-order valence-corrected chi connectivity index (χ3v) is 2.34. The van der Waals surface area contributed by atoms with E-state index in [-0.39, 0.29) is 0 Å². The maximum absolute atomic E-state index is 5.74. The Labute approximate surface area is 92.7 Å². The Morgan fingerprint density at radius 1 is 1.14 bits per heavy atom. The Kier molecular flexibility index (Phi) is 2.68. The van der Waals surface area contributed by atoms with Crippen molar-refractivity contribution in [2.75, 3.05) is 0 Å². The molecule has 0 atom stereocenters. The first-order valence-corrected chi connectivity index (χ1v) is 5.02. The molecule has 2 aromatic rings. The zero-order valence-electron chi connectivity index (χ0n) is 7.44. The van der Waals surface area contributed by atoms with Crippen molar-refractivity contribution in [2.24, 2.45) is 0 Å². The number of nitrogens with zero attached hydrogens (tertiary/aromatic N) is 1. The van der Waals surface area contributed by atoms with Crippen LogP contribution >= 0.6 is 15.9 Å². The lowest BCUT2D eigenvalue weighted by Gasteiger charge is -2.03. The van der Waals surface area contributed by atoms with Crippen LogP contribution in [0.5, 0.6) is 0 Å². The highest BCUT2D eigenvalue weighted by Crippen LogP contribution is 2.19. The number of rotatable bonds is 1. The molecule has 0 fully saturated rings. The highest BCUT2D eigenvalue weighted by molar-refractivity contribution is 9.10. The fraction of sp³-hybridized carbons (Fsp3) is 0. The van der Waals surface area contributed by atoms with Crippen LogP contribution in [0.15, 0.2) is 47.1 Å². The predicted molar refractivity (Wildman–Crippen MR) is 62.8 cm³/mol. The average Bonchev–Trinajstić information content (AvgIpc) is 2.18. The second kappa shape index (κ2) is 3.97. The molecular weight excluding hydrogens is 237 g/mol. The van der Waals surface area contributed by atoms with E-state index < -0.39 is 0 Å². The van der Waals surface area contributed by atoms with Crippen LogP contribution < -0.4 is 5.46 Å². The molecule has 3 heteroatoms. The third-order valence-electron chi connectivity index (χ3n) is 1.88. The number of hydrogen-bond acceptors (Lipinski definition) is 1. The molecule has 0 N–H and O–H groups in total. The summed E-state index contributed by atoms with van der Waals surface area (Å²) < 4.78 is 0.971. The maximum Gasteiger partial charge on any atom is 0.113 e. The van der Waals surface area contributed by atoms with Crippen LogP contribution in [0.3, 0.4) is 0 Å². The Balaban J connectivity index is 2.52. The van der Waals surface area contributed by atoms with Gasteiger partial charge in [-0.2, -0.15) is 0 Å². The van der Waals surface area contributed by atoms with Crippen molar-refractivity contribution in [1.29, 1.82) is 0 Å². The average molecular weight is 244 g/mol. The Morgan fingerprint density at radius 2 is 2.00 bits per heavy atom. The molecule has 0 unspecified atom stereocenters. The van der Waals surface area contributed by atoms with Crippen molar-refractivity contribution in [3.63, 3.8) is 0 Å². The largest absolute Gasteiger partial charge is 0.256 e. The van der Waals surface area contributed by atoms with Crippen molar-refractivity contribution in [3.05, 3.63) is 47.1 Å². The SMILES string of the molecule is [B]c1cc(Br)cc(-c2ccccn2)c1. The topological polar surface area (TPSA) is 12.9 Å². The first-order chi connectivity index (χ1) is 6.75. The van der Waals surface area contributed by atoms with Crippen molar-refractivity contribution < 1.29 is 0 Å². The van der Waals surface area contributed by atoms with Gasteiger partial charge in [0.25, 0.3) is 0 Å². The van der Waals surface area contributed by atoms with Gasteiger partial charge in [0.15, 0.2) is 0 Å². The quantitative estimate of drug-likeness (QED) is 0.701. The monoisotopic (exact) mass is 243 g/mol. The molecule has 0 amide bonds. The van der Waals surface area contributed by atoms with Crippen molar-refractivity contribution in [3.8, 4) is 11.3 Å². The van der Waals surface area contributed by atoms with Crippen LogP contribution in [-0.4, -0.2) is 12.8 Å². The zero-order chi connectivity index (χ0) is 9.97. The molecule has 1 nitrogen and oxygen atoms in total. The number of pyridine rings is 1. The first kappa shape index (κ1) is 9.47. The van der Waals surface area contributed by atoms with Crippen LogP contribution in [0.2, 0.25) is 0 Å². The zero-order valence-corrected chi connectivity index (χ0v) is 9.03. The Morgan fingerprint density at radius 3 is 2.64 bits per heavy atom. The summed E-state index contributed by atoms with van der Waals surface area (Å²) in [5, 5.41) is 0. The normalized spacial score (nSPS) is 10.1. The lowest BCUT2D eigenvalue weighted by molar-refractivity contribution is 1.33. The van der Waals surface area contributed by atoms with Crippen LogP contribution in [-0.2, 0) is 0 Å². The molecule has 66 valence electrons. The van der Waals surface area contributed by atoms with E-state index >= 15 is 0 Å². The first-order valence-electron chi connectivity index (χ1n) is 4.23. The van der Waals surface area contributed by atoms with E-state index in [1.165, 1.54) is 0 Å². The summed E-state index contributed by atoms with van der Waals surface area (Å²) in [4.78, 5) is 4.25. The van der Waals surface area contributed by atoms with Gasteiger partial charge in [-0.1, -0.05) is 39.6 Å². The summed E-state index contributed by atoms with van der Waals surface area (Å²) in [5.41, 5.74) is 2.69. The third kappa shape index (κ3) is 2.04. The van der Waals surface area contributed by atoms with Gasteiger partial charge in [-0.25, -0.2) is 0 Å². The van der Waals surface area contributed by atoms with E-state index in [9.17, 15) is 0 Å². The Hall–Kier alpha value is -1.09. The molecule has 0 spiro atoms. The predicted octanol–water partition coefficient (Wildman–Crippen LogP) is 2.30. The molecule has 0 aliphatic carbocycles. The van der Waals surface area contributed by atoms with Gasteiger partial charge in [-0.3, -0.25) is 4.98 Å².